The Hall–Kier alpha value is -0.900. The van der Waals surface area contributed by atoms with Crippen molar-refractivity contribution in [1.82, 2.24) is 0 Å². The van der Waals surface area contributed by atoms with Crippen molar-refractivity contribution in [1.29, 1.82) is 0 Å². The highest BCUT2D eigenvalue weighted by Crippen LogP contribution is 2.29. The Bertz CT molecular complexity index is 388. The molecule has 0 radical (unpaired) electrons. The van der Waals surface area contributed by atoms with Gasteiger partial charge in [0.25, 0.3) is 0 Å². The van der Waals surface area contributed by atoms with Crippen molar-refractivity contribution < 1.29 is 28.5 Å². The van der Waals surface area contributed by atoms with Gasteiger partial charge in [0.15, 0.2) is 12.4 Å². The number of aromatic nitrogens is 1. The highest BCUT2D eigenvalue weighted by Gasteiger charge is 2.03. The Kier molecular flexibility index (Phi) is 5.46. The lowest BCUT2D eigenvalue weighted by atomic mass is 9.95. The zero-order valence-electron chi connectivity index (χ0n) is 9.44. The normalized spacial score (nSPS) is 9.56. The number of halogens is 1. The number of rotatable bonds is 2. The predicted octanol–water partition coefficient (Wildman–Crippen LogP) is 0.0551. The van der Waals surface area contributed by atoms with Crippen LogP contribution in [0.2, 0.25) is 0 Å². The molecule has 2 aliphatic carbocycles. The van der Waals surface area contributed by atoms with E-state index in [0.717, 1.165) is 6.54 Å². The average molecular weight is 325 g/mol. The van der Waals surface area contributed by atoms with Crippen molar-refractivity contribution in [3.05, 3.63) is 54.9 Å². The molecule has 0 amide bonds. The number of pyridine rings is 1. The Balaban J connectivity index is 0.000000159. The summed E-state index contributed by atoms with van der Waals surface area (Å²) >= 11 is 0. The van der Waals surface area contributed by atoms with E-state index in [0.29, 0.717) is 0 Å². The smallest absolute Gasteiger partial charge is 0.168 e. The Morgan fingerprint density at radius 2 is 1.38 bits per heavy atom. The number of benzene rings is 1. The van der Waals surface area contributed by atoms with Gasteiger partial charge in [-0.3, -0.25) is 0 Å². The molecule has 1 nitrogen and oxygen atoms in total. The maximum atomic E-state index is 2.18. The maximum Gasteiger partial charge on any atom is 0.168 e. The van der Waals surface area contributed by atoms with Gasteiger partial charge < -0.3 is 24.0 Å². The first-order valence-corrected chi connectivity index (χ1v) is 5.44. The van der Waals surface area contributed by atoms with Crippen LogP contribution in [0.4, 0.5) is 0 Å². The molecule has 2 heteroatoms. The molecule has 1 aromatic heterocycles. The fourth-order valence-corrected chi connectivity index (χ4v) is 1.50. The number of nitrogens with zero attached hydrogens (tertiary/aromatic N) is 1. The van der Waals surface area contributed by atoms with E-state index >= 15 is 0 Å². The van der Waals surface area contributed by atoms with Gasteiger partial charge in [-0.15, -0.1) is 0 Å². The topological polar surface area (TPSA) is 3.88 Å². The molecular weight excluding hydrogens is 309 g/mol. The van der Waals surface area contributed by atoms with Crippen molar-refractivity contribution in [3.63, 3.8) is 0 Å². The molecule has 0 atom stereocenters. The van der Waals surface area contributed by atoms with Gasteiger partial charge >= 0.3 is 0 Å². The third-order valence-electron chi connectivity index (χ3n) is 2.48. The molecule has 1 aromatic rings. The van der Waals surface area contributed by atoms with Gasteiger partial charge in [0.05, 0.1) is 0 Å². The summed E-state index contributed by atoms with van der Waals surface area (Å²) in [5, 5.41) is 0. The van der Waals surface area contributed by atoms with Gasteiger partial charge in [0, 0.05) is 18.6 Å². The third-order valence-corrected chi connectivity index (χ3v) is 2.48. The van der Waals surface area contributed by atoms with E-state index < -0.39 is 0 Å². The minimum Gasteiger partial charge on any atom is -1.00 e. The molecule has 0 aliphatic heterocycles. The van der Waals surface area contributed by atoms with Gasteiger partial charge in [-0.05, 0) is 11.1 Å². The van der Waals surface area contributed by atoms with E-state index in [1.54, 1.807) is 0 Å². The number of fused-ring (bicyclic) bond motifs is 1. The minimum atomic E-state index is 0. The van der Waals surface area contributed by atoms with Crippen LogP contribution in [-0.4, -0.2) is 0 Å². The molecular formula is C14H16IN. The summed E-state index contributed by atoms with van der Waals surface area (Å²) in [4.78, 5) is 0. The molecule has 0 N–H and O–H groups in total. The summed E-state index contributed by atoms with van der Waals surface area (Å²) in [6.07, 6.45) is 5.38. The van der Waals surface area contributed by atoms with Crippen LogP contribution in [0.25, 0.3) is 11.1 Å². The predicted molar refractivity (Wildman–Crippen MR) is 62.4 cm³/mol. The van der Waals surface area contributed by atoms with E-state index in [9.17, 15) is 0 Å². The van der Waals surface area contributed by atoms with Crippen LogP contribution < -0.4 is 28.5 Å². The number of hydrogen-bond donors (Lipinski definition) is 0. The first-order valence-electron chi connectivity index (χ1n) is 5.44. The lowest BCUT2D eigenvalue weighted by Gasteiger charge is -2.10. The molecule has 3 rings (SSSR count). The van der Waals surface area contributed by atoms with E-state index in [-0.39, 0.29) is 24.0 Å². The van der Waals surface area contributed by atoms with Crippen molar-refractivity contribution in [2.24, 2.45) is 0 Å². The Morgan fingerprint density at radius 3 is 1.69 bits per heavy atom. The molecule has 0 unspecified atom stereocenters. The molecule has 0 bridgehead atoms. The van der Waals surface area contributed by atoms with Crippen LogP contribution in [0.5, 0.6) is 0 Å². The van der Waals surface area contributed by atoms with Crippen LogP contribution in [0.15, 0.2) is 54.9 Å². The summed E-state index contributed by atoms with van der Waals surface area (Å²) in [6.45, 7) is 3.31. The number of aryl methyl sites for hydroxylation is 1. The van der Waals surface area contributed by atoms with Gasteiger partial charge in [0.1, 0.15) is 6.54 Å². The lowest BCUT2D eigenvalue weighted by molar-refractivity contribution is -0.697. The van der Waals surface area contributed by atoms with Gasteiger partial charge in [-0.25, -0.2) is 4.57 Å². The van der Waals surface area contributed by atoms with Gasteiger partial charge in [-0.1, -0.05) is 37.3 Å². The first kappa shape index (κ1) is 13.2. The summed E-state index contributed by atoms with van der Waals surface area (Å²) < 4.78 is 2.18. The summed E-state index contributed by atoms with van der Waals surface area (Å²) in [5.41, 5.74) is 2.85. The molecule has 0 fully saturated rings. The third kappa shape index (κ3) is 3.30. The van der Waals surface area contributed by atoms with Crippen LogP contribution in [-0.2, 0) is 6.54 Å². The van der Waals surface area contributed by atoms with Crippen LogP contribution in [0, 0.1) is 0 Å². The molecule has 1 heterocycles. The standard InChI is InChI=1S/C8H12N.C6H4.HI/c1-2-6-9-7-4-3-5-8-9;1-2-6-4-3-5(1)6;/h3-5,7-8H,2,6H2,1H3;1-4H;1H/q+1;;/p-1. The van der Waals surface area contributed by atoms with Crippen LogP contribution in [0.1, 0.15) is 13.3 Å². The zero-order chi connectivity index (χ0) is 10.5. The molecule has 2 aliphatic rings. The molecule has 0 spiro atoms. The highest BCUT2D eigenvalue weighted by molar-refractivity contribution is 5.75. The summed E-state index contributed by atoms with van der Waals surface area (Å²) in [5.74, 6) is 0. The molecule has 16 heavy (non-hydrogen) atoms. The lowest BCUT2D eigenvalue weighted by Crippen LogP contribution is -3.00. The summed E-state index contributed by atoms with van der Waals surface area (Å²) in [6, 6.07) is 14.6. The molecule has 0 aromatic carbocycles. The Labute approximate surface area is 114 Å². The SMILES string of the molecule is CCC[n+]1ccccc1.[I-].c1cc2ccc1-2. The van der Waals surface area contributed by atoms with Crippen molar-refractivity contribution >= 4 is 0 Å². The fourth-order valence-electron chi connectivity index (χ4n) is 1.50. The molecule has 0 saturated carbocycles. The Morgan fingerprint density at radius 1 is 0.875 bits per heavy atom. The van der Waals surface area contributed by atoms with Crippen molar-refractivity contribution in [2.45, 2.75) is 19.9 Å². The summed E-state index contributed by atoms with van der Waals surface area (Å²) in [7, 11) is 0. The second kappa shape index (κ2) is 6.63. The second-order valence-corrected chi connectivity index (χ2v) is 3.69. The number of hydrogen-bond acceptors (Lipinski definition) is 0. The monoisotopic (exact) mass is 325 g/mol. The van der Waals surface area contributed by atoms with Gasteiger partial charge in [0.2, 0.25) is 0 Å². The van der Waals surface area contributed by atoms with Crippen LogP contribution in [0.3, 0.4) is 0 Å². The first-order chi connectivity index (χ1) is 7.40. The molecule has 0 saturated heterocycles. The largest absolute Gasteiger partial charge is 1.00 e. The van der Waals surface area contributed by atoms with Gasteiger partial charge in [-0.2, -0.15) is 0 Å². The quantitative estimate of drug-likeness (QED) is 0.463. The fraction of sp³-hybridized carbons (Fsp3) is 0.214. The maximum absolute atomic E-state index is 2.18. The van der Waals surface area contributed by atoms with E-state index in [1.807, 2.05) is 6.07 Å². The second-order valence-electron chi connectivity index (χ2n) is 3.69. The van der Waals surface area contributed by atoms with Crippen molar-refractivity contribution in [2.75, 3.05) is 0 Å². The zero-order valence-corrected chi connectivity index (χ0v) is 11.6. The van der Waals surface area contributed by atoms with E-state index in [1.165, 1.54) is 17.5 Å². The van der Waals surface area contributed by atoms with E-state index in [4.69, 9.17) is 0 Å². The average Bonchev–Trinajstić information content (AvgIpc) is 2.26. The van der Waals surface area contributed by atoms with Crippen molar-refractivity contribution in [3.8, 4) is 11.1 Å². The van der Waals surface area contributed by atoms with Crippen LogP contribution >= 0.6 is 0 Å². The minimum absolute atomic E-state index is 0. The highest BCUT2D eigenvalue weighted by atomic mass is 127. The molecule has 84 valence electrons. The van der Waals surface area contributed by atoms with E-state index in [2.05, 4.69) is 60.3 Å².